The summed E-state index contributed by atoms with van der Waals surface area (Å²) in [5.41, 5.74) is 6.85. The first kappa shape index (κ1) is 12.7. The lowest BCUT2D eigenvalue weighted by Crippen LogP contribution is -2.09. The molecule has 3 heteroatoms. The number of benzene rings is 1. The first-order valence-corrected chi connectivity index (χ1v) is 6.72. The van der Waals surface area contributed by atoms with E-state index in [2.05, 4.69) is 0 Å². The summed E-state index contributed by atoms with van der Waals surface area (Å²) in [5, 5.41) is 0.665. The molecule has 17 heavy (non-hydrogen) atoms. The molecule has 1 aliphatic rings. The van der Waals surface area contributed by atoms with Crippen LogP contribution in [0.15, 0.2) is 18.2 Å². The maximum atomic E-state index is 6.18. The van der Waals surface area contributed by atoms with Crippen molar-refractivity contribution >= 4 is 11.6 Å². The minimum Gasteiger partial charge on any atom is -0.492 e. The van der Waals surface area contributed by atoms with Gasteiger partial charge in [0.15, 0.2) is 0 Å². The van der Waals surface area contributed by atoms with Crippen molar-refractivity contribution in [1.29, 1.82) is 0 Å². The van der Waals surface area contributed by atoms with Crippen LogP contribution in [0.5, 0.6) is 5.75 Å². The van der Waals surface area contributed by atoms with Crippen LogP contribution in [-0.2, 0) is 0 Å². The standard InChI is InChI=1S/C14H20ClNO/c1-10(16)12-6-7-14(13(15)8-12)17-9-11-4-2-3-5-11/h6-8,10-11H,2-5,9,16H2,1H3. The lowest BCUT2D eigenvalue weighted by molar-refractivity contribution is 0.252. The largest absolute Gasteiger partial charge is 0.492 e. The number of rotatable bonds is 4. The van der Waals surface area contributed by atoms with Gasteiger partial charge in [-0.05, 0) is 43.4 Å². The van der Waals surface area contributed by atoms with E-state index in [-0.39, 0.29) is 6.04 Å². The average molecular weight is 254 g/mol. The summed E-state index contributed by atoms with van der Waals surface area (Å²) >= 11 is 6.18. The molecule has 0 amide bonds. The third-order valence-corrected chi connectivity index (χ3v) is 3.73. The summed E-state index contributed by atoms with van der Waals surface area (Å²) in [6.07, 6.45) is 5.25. The van der Waals surface area contributed by atoms with Gasteiger partial charge in [-0.2, -0.15) is 0 Å². The Morgan fingerprint density at radius 2 is 2.12 bits per heavy atom. The number of hydrogen-bond donors (Lipinski definition) is 1. The molecule has 94 valence electrons. The molecule has 2 rings (SSSR count). The first-order valence-electron chi connectivity index (χ1n) is 6.34. The van der Waals surface area contributed by atoms with Gasteiger partial charge in [-0.3, -0.25) is 0 Å². The fraction of sp³-hybridized carbons (Fsp3) is 0.571. The predicted molar refractivity (Wildman–Crippen MR) is 71.5 cm³/mol. The van der Waals surface area contributed by atoms with Gasteiger partial charge in [0.2, 0.25) is 0 Å². The zero-order valence-electron chi connectivity index (χ0n) is 10.3. The van der Waals surface area contributed by atoms with Crippen LogP contribution >= 0.6 is 11.6 Å². The van der Waals surface area contributed by atoms with Crippen LogP contribution in [0.2, 0.25) is 5.02 Å². The molecule has 1 fully saturated rings. The lowest BCUT2D eigenvalue weighted by Gasteiger charge is -2.14. The summed E-state index contributed by atoms with van der Waals surface area (Å²) in [6, 6.07) is 5.82. The van der Waals surface area contributed by atoms with Crippen LogP contribution in [0.1, 0.15) is 44.2 Å². The van der Waals surface area contributed by atoms with Crippen LogP contribution in [0.25, 0.3) is 0 Å². The Hall–Kier alpha value is -0.730. The Kier molecular flexibility index (Phi) is 4.30. The molecule has 0 aromatic heterocycles. The average Bonchev–Trinajstić information content (AvgIpc) is 2.80. The van der Waals surface area contributed by atoms with Gasteiger partial charge in [0.25, 0.3) is 0 Å². The minimum absolute atomic E-state index is 0.0105. The number of hydrogen-bond acceptors (Lipinski definition) is 2. The topological polar surface area (TPSA) is 35.2 Å². The van der Waals surface area contributed by atoms with Crippen molar-refractivity contribution in [3.8, 4) is 5.75 Å². The zero-order chi connectivity index (χ0) is 12.3. The predicted octanol–water partition coefficient (Wildman–Crippen LogP) is 3.93. The van der Waals surface area contributed by atoms with E-state index < -0.39 is 0 Å². The first-order chi connectivity index (χ1) is 8.16. The monoisotopic (exact) mass is 253 g/mol. The molecule has 0 spiro atoms. The summed E-state index contributed by atoms with van der Waals surface area (Å²) in [5.74, 6) is 1.49. The Morgan fingerprint density at radius 1 is 1.41 bits per heavy atom. The molecule has 0 radical (unpaired) electrons. The Morgan fingerprint density at radius 3 is 2.71 bits per heavy atom. The Balaban J connectivity index is 1.96. The fourth-order valence-electron chi connectivity index (χ4n) is 2.30. The molecule has 0 heterocycles. The van der Waals surface area contributed by atoms with Crippen molar-refractivity contribution in [3.05, 3.63) is 28.8 Å². The zero-order valence-corrected chi connectivity index (χ0v) is 11.0. The molecule has 1 saturated carbocycles. The van der Waals surface area contributed by atoms with Crippen molar-refractivity contribution in [2.24, 2.45) is 11.7 Å². The summed E-state index contributed by atoms with van der Waals surface area (Å²) in [6.45, 7) is 2.74. The third kappa shape index (κ3) is 3.36. The third-order valence-electron chi connectivity index (χ3n) is 3.43. The van der Waals surface area contributed by atoms with Gasteiger partial charge in [0.1, 0.15) is 5.75 Å². The molecule has 0 saturated heterocycles. The van der Waals surface area contributed by atoms with Gasteiger partial charge in [-0.1, -0.05) is 30.5 Å². The van der Waals surface area contributed by atoms with Crippen molar-refractivity contribution in [2.45, 2.75) is 38.6 Å². The molecule has 1 aromatic rings. The van der Waals surface area contributed by atoms with Crippen LogP contribution in [0.3, 0.4) is 0 Å². The molecule has 0 bridgehead atoms. The second-order valence-corrected chi connectivity index (χ2v) is 5.35. The molecule has 1 unspecified atom stereocenters. The Bertz CT molecular complexity index is 372. The van der Waals surface area contributed by atoms with Crippen molar-refractivity contribution in [2.75, 3.05) is 6.61 Å². The maximum Gasteiger partial charge on any atom is 0.137 e. The second-order valence-electron chi connectivity index (χ2n) is 4.94. The van der Waals surface area contributed by atoms with E-state index in [1.54, 1.807) is 0 Å². The normalized spacial score (nSPS) is 18.3. The van der Waals surface area contributed by atoms with Crippen LogP contribution in [0, 0.1) is 5.92 Å². The van der Waals surface area contributed by atoms with Crippen molar-refractivity contribution in [3.63, 3.8) is 0 Å². The number of nitrogens with two attached hydrogens (primary N) is 1. The van der Waals surface area contributed by atoms with E-state index in [0.717, 1.165) is 17.9 Å². The van der Waals surface area contributed by atoms with Crippen LogP contribution in [-0.4, -0.2) is 6.61 Å². The Labute approximate surface area is 108 Å². The van der Waals surface area contributed by atoms with Gasteiger partial charge in [-0.15, -0.1) is 0 Å². The summed E-state index contributed by atoms with van der Waals surface area (Å²) < 4.78 is 5.78. The molecular formula is C14H20ClNO. The highest BCUT2D eigenvalue weighted by atomic mass is 35.5. The molecule has 2 N–H and O–H groups in total. The van der Waals surface area contributed by atoms with Gasteiger partial charge in [-0.25, -0.2) is 0 Å². The molecular weight excluding hydrogens is 234 g/mol. The van der Waals surface area contributed by atoms with Crippen molar-refractivity contribution in [1.82, 2.24) is 0 Å². The van der Waals surface area contributed by atoms with Crippen LogP contribution in [0.4, 0.5) is 0 Å². The smallest absolute Gasteiger partial charge is 0.137 e. The summed E-state index contributed by atoms with van der Waals surface area (Å²) in [4.78, 5) is 0. The quantitative estimate of drug-likeness (QED) is 0.883. The van der Waals surface area contributed by atoms with Gasteiger partial charge < -0.3 is 10.5 Å². The van der Waals surface area contributed by atoms with E-state index in [0.29, 0.717) is 10.9 Å². The lowest BCUT2D eigenvalue weighted by atomic mass is 10.1. The molecule has 2 nitrogen and oxygen atoms in total. The fourth-order valence-corrected chi connectivity index (χ4v) is 2.55. The highest BCUT2D eigenvalue weighted by Gasteiger charge is 2.16. The second kappa shape index (κ2) is 5.74. The molecule has 1 atom stereocenters. The van der Waals surface area contributed by atoms with E-state index in [9.17, 15) is 0 Å². The van der Waals surface area contributed by atoms with E-state index in [1.165, 1.54) is 25.7 Å². The summed E-state index contributed by atoms with van der Waals surface area (Å²) in [7, 11) is 0. The SMILES string of the molecule is CC(N)c1ccc(OCC2CCCC2)c(Cl)c1. The minimum atomic E-state index is 0.0105. The van der Waals surface area contributed by atoms with Crippen LogP contribution < -0.4 is 10.5 Å². The molecule has 1 aliphatic carbocycles. The highest BCUT2D eigenvalue weighted by molar-refractivity contribution is 6.32. The van der Waals surface area contributed by atoms with Gasteiger partial charge in [0.05, 0.1) is 11.6 Å². The molecule has 1 aromatic carbocycles. The number of halogens is 1. The van der Waals surface area contributed by atoms with E-state index in [4.69, 9.17) is 22.1 Å². The van der Waals surface area contributed by atoms with Crippen molar-refractivity contribution < 1.29 is 4.74 Å². The van der Waals surface area contributed by atoms with E-state index >= 15 is 0 Å². The number of ether oxygens (including phenoxy) is 1. The molecule has 0 aliphatic heterocycles. The maximum absolute atomic E-state index is 6.18. The van der Waals surface area contributed by atoms with E-state index in [1.807, 2.05) is 25.1 Å². The van der Waals surface area contributed by atoms with Gasteiger partial charge >= 0.3 is 0 Å². The highest BCUT2D eigenvalue weighted by Crippen LogP contribution is 2.30. The van der Waals surface area contributed by atoms with Gasteiger partial charge in [0, 0.05) is 6.04 Å².